The van der Waals surface area contributed by atoms with Gasteiger partial charge in [0.05, 0.1) is 6.61 Å². The topological polar surface area (TPSA) is 21.3 Å². The lowest BCUT2D eigenvalue weighted by atomic mass is 9.84. The first kappa shape index (κ1) is 14.6. The summed E-state index contributed by atoms with van der Waals surface area (Å²) in [5, 5.41) is 3.51. The summed E-state index contributed by atoms with van der Waals surface area (Å²) in [4.78, 5) is 0. The first-order valence-electron chi connectivity index (χ1n) is 7.42. The molecule has 0 amide bonds. The van der Waals surface area contributed by atoms with E-state index in [0.29, 0.717) is 12.0 Å². The molecule has 1 aliphatic heterocycles. The number of fused-ring (bicyclic) bond motifs is 1. The molecule has 3 heteroatoms. The SMILES string of the molecule is CNC(Cc1ccccc1Br)C1CCOc2ccccc21. The maximum atomic E-state index is 5.79. The second kappa shape index (κ2) is 6.63. The molecule has 0 saturated heterocycles. The van der Waals surface area contributed by atoms with Gasteiger partial charge in [0.2, 0.25) is 0 Å². The molecule has 2 unspecified atom stereocenters. The molecule has 0 spiro atoms. The summed E-state index contributed by atoms with van der Waals surface area (Å²) in [5.74, 6) is 1.54. The molecule has 0 radical (unpaired) electrons. The molecule has 1 aliphatic rings. The van der Waals surface area contributed by atoms with Gasteiger partial charge in [-0.05, 0) is 43.1 Å². The molecule has 0 fully saturated rings. The van der Waals surface area contributed by atoms with Gasteiger partial charge < -0.3 is 10.1 Å². The minimum absolute atomic E-state index is 0.411. The van der Waals surface area contributed by atoms with E-state index in [4.69, 9.17) is 4.74 Å². The van der Waals surface area contributed by atoms with Crippen LogP contribution in [0.25, 0.3) is 0 Å². The van der Waals surface area contributed by atoms with Crippen LogP contribution in [0, 0.1) is 0 Å². The van der Waals surface area contributed by atoms with Gasteiger partial charge >= 0.3 is 0 Å². The maximum Gasteiger partial charge on any atom is 0.122 e. The predicted molar refractivity (Wildman–Crippen MR) is 90.0 cm³/mol. The monoisotopic (exact) mass is 345 g/mol. The van der Waals surface area contributed by atoms with E-state index in [0.717, 1.165) is 25.2 Å². The number of para-hydroxylation sites is 1. The molecule has 0 saturated carbocycles. The highest BCUT2D eigenvalue weighted by atomic mass is 79.9. The number of halogens is 1. The number of ether oxygens (including phenoxy) is 1. The highest BCUT2D eigenvalue weighted by Gasteiger charge is 2.28. The van der Waals surface area contributed by atoms with E-state index >= 15 is 0 Å². The van der Waals surface area contributed by atoms with Crippen molar-refractivity contribution in [2.45, 2.75) is 24.8 Å². The van der Waals surface area contributed by atoms with E-state index in [-0.39, 0.29) is 0 Å². The van der Waals surface area contributed by atoms with E-state index < -0.39 is 0 Å². The molecule has 1 N–H and O–H groups in total. The van der Waals surface area contributed by atoms with Crippen molar-refractivity contribution in [3.8, 4) is 5.75 Å². The van der Waals surface area contributed by atoms with Crippen molar-refractivity contribution in [3.63, 3.8) is 0 Å². The van der Waals surface area contributed by atoms with Crippen LogP contribution in [0.4, 0.5) is 0 Å². The summed E-state index contributed by atoms with van der Waals surface area (Å²) in [7, 11) is 2.06. The minimum Gasteiger partial charge on any atom is -0.493 e. The summed E-state index contributed by atoms with van der Waals surface area (Å²) in [6, 6.07) is 17.3. The molecule has 2 aromatic carbocycles. The minimum atomic E-state index is 0.411. The second-order valence-corrected chi connectivity index (χ2v) is 6.33. The molecule has 3 rings (SSSR count). The molecule has 2 nitrogen and oxygen atoms in total. The van der Waals surface area contributed by atoms with Crippen LogP contribution in [0.2, 0.25) is 0 Å². The van der Waals surface area contributed by atoms with Gasteiger partial charge in [0.15, 0.2) is 0 Å². The fraction of sp³-hybridized carbons (Fsp3) is 0.333. The summed E-state index contributed by atoms with van der Waals surface area (Å²) < 4.78 is 6.97. The van der Waals surface area contributed by atoms with E-state index in [1.54, 1.807) is 0 Å². The average Bonchev–Trinajstić information content (AvgIpc) is 2.54. The Morgan fingerprint density at radius 2 is 1.95 bits per heavy atom. The molecular formula is C18H20BrNO. The third-order valence-electron chi connectivity index (χ3n) is 4.26. The zero-order valence-electron chi connectivity index (χ0n) is 12.2. The Hall–Kier alpha value is -1.32. The predicted octanol–water partition coefficient (Wildman–Crippen LogP) is 4.15. The van der Waals surface area contributed by atoms with Crippen LogP contribution in [0.15, 0.2) is 53.0 Å². The summed E-state index contributed by atoms with van der Waals surface area (Å²) in [5.41, 5.74) is 2.68. The van der Waals surface area contributed by atoms with Crippen LogP contribution in [-0.2, 0) is 6.42 Å². The van der Waals surface area contributed by atoms with E-state index in [9.17, 15) is 0 Å². The highest BCUT2D eigenvalue weighted by molar-refractivity contribution is 9.10. The van der Waals surface area contributed by atoms with Crippen molar-refractivity contribution in [2.75, 3.05) is 13.7 Å². The molecule has 21 heavy (non-hydrogen) atoms. The zero-order chi connectivity index (χ0) is 14.7. The van der Waals surface area contributed by atoms with Crippen LogP contribution >= 0.6 is 15.9 Å². The first-order valence-corrected chi connectivity index (χ1v) is 8.21. The maximum absolute atomic E-state index is 5.79. The summed E-state index contributed by atoms with van der Waals surface area (Å²) >= 11 is 3.66. The molecule has 0 bridgehead atoms. The number of hydrogen-bond donors (Lipinski definition) is 1. The van der Waals surface area contributed by atoms with Crippen molar-refractivity contribution in [1.82, 2.24) is 5.32 Å². The third-order valence-corrected chi connectivity index (χ3v) is 5.03. The van der Waals surface area contributed by atoms with Crippen molar-refractivity contribution in [2.24, 2.45) is 0 Å². The number of hydrogen-bond acceptors (Lipinski definition) is 2. The molecule has 0 aromatic heterocycles. The zero-order valence-corrected chi connectivity index (χ0v) is 13.8. The molecule has 0 aliphatic carbocycles. The van der Waals surface area contributed by atoms with Gasteiger partial charge in [-0.1, -0.05) is 52.3 Å². The van der Waals surface area contributed by atoms with Crippen LogP contribution < -0.4 is 10.1 Å². The van der Waals surface area contributed by atoms with E-state index in [1.807, 2.05) is 6.07 Å². The first-order chi connectivity index (χ1) is 10.3. The largest absolute Gasteiger partial charge is 0.493 e. The normalized spacial score (nSPS) is 18.7. The van der Waals surface area contributed by atoms with Gasteiger partial charge in [-0.2, -0.15) is 0 Å². The molecule has 2 atom stereocenters. The quantitative estimate of drug-likeness (QED) is 0.898. The van der Waals surface area contributed by atoms with Crippen LogP contribution in [-0.4, -0.2) is 19.7 Å². The Morgan fingerprint density at radius 3 is 2.76 bits per heavy atom. The Labute approximate surface area is 134 Å². The lowest BCUT2D eigenvalue weighted by molar-refractivity contribution is 0.247. The Kier molecular flexibility index (Phi) is 4.61. The van der Waals surface area contributed by atoms with Gasteiger partial charge in [0.1, 0.15) is 5.75 Å². The lowest BCUT2D eigenvalue weighted by Crippen LogP contribution is -2.36. The average molecular weight is 346 g/mol. The molecule has 110 valence electrons. The Morgan fingerprint density at radius 1 is 1.19 bits per heavy atom. The van der Waals surface area contributed by atoms with Crippen molar-refractivity contribution in [3.05, 3.63) is 64.1 Å². The van der Waals surface area contributed by atoms with E-state index in [2.05, 4.69) is 70.8 Å². The summed E-state index contributed by atoms with van der Waals surface area (Å²) in [6.45, 7) is 0.801. The van der Waals surface area contributed by atoms with Crippen molar-refractivity contribution >= 4 is 15.9 Å². The van der Waals surface area contributed by atoms with Crippen LogP contribution in [0.5, 0.6) is 5.75 Å². The highest BCUT2D eigenvalue weighted by Crippen LogP contribution is 2.36. The van der Waals surface area contributed by atoms with Crippen molar-refractivity contribution in [1.29, 1.82) is 0 Å². The number of benzene rings is 2. The second-order valence-electron chi connectivity index (χ2n) is 5.47. The lowest BCUT2D eigenvalue weighted by Gasteiger charge is -2.32. The number of likely N-dealkylation sites (N-methyl/N-ethyl adjacent to an activating group) is 1. The van der Waals surface area contributed by atoms with Crippen LogP contribution in [0.3, 0.4) is 0 Å². The smallest absolute Gasteiger partial charge is 0.122 e. The molecular weight excluding hydrogens is 326 g/mol. The molecule has 1 heterocycles. The Balaban J connectivity index is 1.86. The van der Waals surface area contributed by atoms with Gasteiger partial charge in [-0.3, -0.25) is 0 Å². The van der Waals surface area contributed by atoms with Gasteiger partial charge in [-0.15, -0.1) is 0 Å². The molecule has 2 aromatic rings. The van der Waals surface area contributed by atoms with Gasteiger partial charge in [-0.25, -0.2) is 0 Å². The van der Waals surface area contributed by atoms with Crippen molar-refractivity contribution < 1.29 is 4.74 Å². The van der Waals surface area contributed by atoms with Crippen LogP contribution in [0.1, 0.15) is 23.5 Å². The van der Waals surface area contributed by atoms with Gasteiger partial charge in [0.25, 0.3) is 0 Å². The van der Waals surface area contributed by atoms with E-state index in [1.165, 1.54) is 15.6 Å². The Bertz CT molecular complexity index is 614. The fourth-order valence-corrected chi connectivity index (χ4v) is 3.58. The fourth-order valence-electron chi connectivity index (χ4n) is 3.13. The summed E-state index contributed by atoms with van der Waals surface area (Å²) in [6.07, 6.45) is 2.07. The third kappa shape index (κ3) is 3.14. The standard InChI is InChI=1S/C18H20BrNO/c1-20-17(12-13-6-2-4-8-16(13)19)14-10-11-21-18-9-5-3-7-15(14)18/h2-9,14,17,20H,10-12H2,1H3. The number of nitrogens with one attached hydrogen (secondary N) is 1. The van der Waals surface area contributed by atoms with Gasteiger partial charge in [0, 0.05) is 16.4 Å². The number of rotatable bonds is 4.